The highest BCUT2D eigenvalue weighted by Crippen LogP contribution is 2.40. The van der Waals surface area contributed by atoms with Crippen molar-refractivity contribution >= 4 is 46.0 Å². The summed E-state index contributed by atoms with van der Waals surface area (Å²) in [6.07, 6.45) is 3.56. The highest BCUT2D eigenvalue weighted by molar-refractivity contribution is 6.36. The molecule has 11 heteroatoms. The normalized spacial score (nSPS) is 14.8. The molecule has 0 aliphatic carbocycles. The number of benzene rings is 4. The number of amides is 1. The van der Waals surface area contributed by atoms with Crippen LogP contribution in [0.5, 0.6) is 5.75 Å². The fourth-order valence-corrected chi connectivity index (χ4v) is 7.65. The largest absolute Gasteiger partial charge is 0.496 e. The number of hydrogen-bond acceptors (Lipinski definition) is 7. The molecule has 1 aromatic heterocycles. The summed E-state index contributed by atoms with van der Waals surface area (Å²) in [5.74, 6) is 1.04. The van der Waals surface area contributed by atoms with Crippen LogP contribution in [-0.2, 0) is 38.7 Å². The van der Waals surface area contributed by atoms with Crippen LogP contribution in [0.4, 0.5) is 0 Å². The predicted molar refractivity (Wildman–Crippen MR) is 230 cm³/mol. The first-order valence-electron chi connectivity index (χ1n) is 19.8. The van der Waals surface area contributed by atoms with Crippen molar-refractivity contribution in [2.24, 2.45) is 11.8 Å². The van der Waals surface area contributed by atoms with Gasteiger partial charge in [0.1, 0.15) is 11.8 Å². The molecule has 302 valence electrons. The van der Waals surface area contributed by atoms with E-state index in [2.05, 4.69) is 107 Å². The van der Waals surface area contributed by atoms with Crippen LogP contribution in [-0.4, -0.2) is 62.0 Å². The number of ether oxygens (including phenoxy) is 3. The summed E-state index contributed by atoms with van der Waals surface area (Å²) in [7, 11) is 1.64. The number of nitrogens with zero attached hydrogens (tertiary/aromatic N) is 1. The number of aromatic nitrogens is 1. The van der Waals surface area contributed by atoms with E-state index in [1.54, 1.807) is 7.11 Å². The van der Waals surface area contributed by atoms with Gasteiger partial charge in [-0.2, -0.15) is 0 Å². The Balaban J connectivity index is 1.16. The van der Waals surface area contributed by atoms with Crippen molar-refractivity contribution in [1.29, 1.82) is 0 Å². The number of hydrogen-bond donors (Lipinski definition) is 3. The highest BCUT2D eigenvalue weighted by Gasteiger charge is 2.23. The molecule has 1 aliphatic rings. The number of esters is 1. The minimum Gasteiger partial charge on any atom is -0.496 e. The van der Waals surface area contributed by atoms with Crippen LogP contribution in [0.25, 0.3) is 33.2 Å². The molecule has 0 radical (unpaired) electrons. The van der Waals surface area contributed by atoms with Gasteiger partial charge in [-0.1, -0.05) is 105 Å². The Morgan fingerprint density at radius 2 is 1.61 bits per heavy atom. The Hall–Kier alpha value is -4.38. The van der Waals surface area contributed by atoms with E-state index in [-0.39, 0.29) is 30.4 Å². The van der Waals surface area contributed by atoms with Crippen molar-refractivity contribution in [3.05, 3.63) is 112 Å². The lowest BCUT2D eigenvalue weighted by Crippen LogP contribution is -2.42. The van der Waals surface area contributed by atoms with E-state index in [0.717, 1.165) is 63.8 Å². The average molecular weight is 814 g/mol. The zero-order valence-electron chi connectivity index (χ0n) is 33.5. The molecule has 3 N–H and O–H groups in total. The van der Waals surface area contributed by atoms with Crippen LogP contribution < -0.4 is 20.7 Å². The fourth-order valence-electron chi connectivity index (χ4n) is 7.07. The lowest BCUT2D eigenvalue weighted by Gasteiger charge is -2.20. The van der Waals surface area contributed by atoms with Crippen LogP contribution >= 0.6 is 23.2 Å². The number of nitrogens with one attached hydrogen (secondary N) is 3. The molecule has 4 aromatic carbocycles. The van der Waals surface area contributed by atoms with Crippen LogP contribution in [0.3, 0.4) is 0 Å². The molecule has 6 rings (SSSR count). The van der Waals surface area contributed by atoms with Crippen LogP contribution in [0.1, 0.15) is 57.2 Å². The quantitative estimate of drug-likeness (QED) is 0.0716. The summed E-state index contributed by atoms with van der Waals surface area (Å²) in [6, 6.07) is 26.5. The molecule has 2 atom stereocenters. The zero-order valence-corrected chi connectivity index (χ0v) is 35.0. The third-order valence-corrected chi connectivity index (χ3v) is 10.8. The predicted octanol–water partition coefficient (Wildman–Crippen LogP) is 9.04. The molecule has 57 heavy (non-hydrogen) atoms. The van der Waals surface area contributed by atoms with E-state index in [0.29, 0.717) is 54.4 Å². The monoisotopic (exact) mass is 812 g/mol. The van der Waals surface area contributed by atoms with Gasteiger partial charge in [0.25, 0.3) is 0 Å². The van der Waals surface area contributed by atoms with Gasteiger partial charge in [-0.3, -0.25) is 14.9 Å². The van der Waals surface area contributed by atoms with Crippen LogP contribution in [0.15, 0.2) is 85.1 Å². The molecule has 1 fully saturated rings. The summed E-state index contributed by atoms with van der Waals surface area (Å²) in [6.45, 7) is 11.6. The molecule has 0 spiro atoms. The third kappa shape index (κ3) is 11.0. The van der Waals surface area contributed by atoms with E-state index in [1.807, 2.05) is 26.0 Å². The summed E-state index contributed by atoms with van der Waals surface area (Å²) in [5.41, 5.74) is 7.95. The Morgan fingerprint density at radius 1 is 0.877 bits per heavy atom. The average Bonchev–Trinajstić information content (AvgIpc) is 3.81. The van der Waals surface area contributed by atoms with E-state index in [9.17, 15) is 9.59 Å². The smallest absolute Gasteiger partial charge is 0.325 e. The van der Waals surface area contributed by atoms with E-state index in [1.165, 1.54) is 5.56 Å². The number of methoxy groups -OCH3 is 1. The molecule has 1 saturated heterocycles. The number of carbonyl (C=O) groups is 2. The Labute approximate surface area is 346 Å². The van der Waals surface area contributed by atoms with Gasteiger partial charge >= 0.3 is 5.97 Å². The molecule has 2 heterocycles. The first-order chi connectivity index (χ1) is 27.5. The van der Waals surface area contributed by atoms with Crippen molar-refractivity contribution in [3.63, 3.8) is 0 Å². The van der Waals surface area contributed by atoms with Crippen molar-refractivity contribution < 1.29 is 23.8 Å². The molecule has 0 bridgehead atoms. The zero-order chi connectivity index (χ0) is 40.5. The first-order valence-corrected chi connectivity index (χ1v) is 20.6. The number of halogens is 2. The number of carbonyl (C=O) groups excluding carboxylic acids is 2. The highest BCUT2D eigenvalue weighted by atomic mass is 35.5. The first kappa shape index (κ1) is 42.2. The Morgan fingerprint density at radius 3 is 2.33 bits per heavy atom. The summed E-state index contributed by atoms with van der Waals surface area (Å²) < 4.78 is 19.4. The van der Waals surface area contributed by atoms with Gasteiger partial charge in [-0.05, 0) is 64.8 Å². The number of fused-ring (bicyclic) bond motifs is 1. The SMILES string of the molecule is COc1cc(Cn2ccc3c(-c4cccc(-c5ccc(CNC[C@@H]6CCC(=O)N6)cc5)c4Cl)cccc32)c(Cl)cc1CN[C@@H](COCC(C)C)C(=O)OCC(C)C. The Bertz CT molecular complexity index is 2150. The second-order valence-electron chi connectivity index (χ2n) is 15.6. The fraction of sp³-hybridized carbons (Fsp3) is 0.391. The second-order valence-corrected chi connectivity index (χ2v) is 16.4. The van der Waals surface area contributed by atoms with Crippen molar-refractivity contribution in [3.8, 4) is 28.0 Å². The van der Waals surface area contributed by atoms with Gasteiger partial charge < -0.3 is 29.4 Å². The van der Waals surface area contributed by atoms with E-state index >= 15 is 0 Å². The standard InChI is InChI=1S/C46H54Cl2N4O5/c1-29(2)26-56-28-41(46(54)57-27-30(3)4)50-23-33-20-40(47)34(21-43(33)55-5)25-52-19-18-38-37(9-7-11-42(38)52)39-10-6-8-36(45(39)48)32-14-12-31(13-15-32)22-49-24-35-16-17-44(53)51-35/h6-15,18-21,29-30,35,41,49-50H,16-17,22-28H2,1-5H3,(H,51,53)/t35-,41-/m0/s1. The third-order valence-electron chi connectivity index (χ3n) is 10.1. The molecule has 1 aliphatic heterocycles. The van der Waals surface area contributed by atoms with Gasteiger partial charge in [-0.15, -0.1) is 0 Å². The van der Waals surface area contributed by atoms with E-state index < -0.39 is 6.04 Å². The van der Waals surface area contributed by atoms with Gasteiger partial charge in [0.2, 0.25) is 5.91 Å². The summed E-state index contributed by atoms with van der Waals surface area (Å²) in [4.78, 5) is 24.5. The molecule has 1 amide bonds. The second kappa shape index (κ2) is 19.9. The van der Waals surface area contributed by atoms with E-state index in [4.69, 9.17) is 37.4 Å². The lowest BCUT2D eigenvalue weighted by atomic mass is 9.96. The molecule has 0 saturated carbocycles. The van der Waals surface area contributed by atoms with Crippen molar-refractivity contribution in [1.82, 2.24) is 20.5 Å². The van der Waals surface area contributed by atoms with Gasteiger partial charge in [-0.25, -0.2) is 0 Å². The Kier molecular flexibility index (Phi) is 14.7. The maximum absolute atomic E-state index is 13.0. The van der Waals surface area contributed by atoms with Crippen LogP contribution in [0, 0.1) is 11.8 Å². The maximum atomic E-state index is 13.0. The summed E-state index contributed by atoms with van der Waals surface area (Å²) >= 11 is 14.1. The van der Waals surface area contributed by atoms with Gasteiger partial charge in [0, 0.05) is 84.1 Å². The summed E-state index contributed by atoms with van der Waals surface area (Å²) in [5, 5.41) is 12.2. The molecule has 9 nitrogen and oxygen atoms in total. The minimum atomic E-state index is -0.632. The maximum Gasteiger partial charge on any atom is 0.325 e. The molecular weight excluding hydrogens is 759 g/mol. The minimum absolute atomic E-state index is 0.133. The molecule has 0 unspecified atom stereocenters. The molecule has 5 aromatic rings. The van der Waals surface area contributed by atoms with Gasteiger partial charge in [0.15, 0.2) is 0 Å². The lowest BCUT2D eigenvalue weighted by molar-refractivity contribution is -0.149. The molecular formula is C46H54Cl2N4O5. The van der Waals surface area contributed by atoms with Gasteiger partial charge in [0.05, 0.1) is 25.3 Å². The van der Waals surface area contributed by atoms with Crippen molar-refractivity contribution in [2.45, 2.75) is 72.3 Å². The van der Waals surface area contributed by atoms with Crippen molar-refractivity contribution in [2.75, 3.05) is 33.5 Å². The van der Waals surface area contributed by atoms with Crippen LogP contribution in [0.2, 0.25) is 10.0 Å². The number of rotatable bonds is 19. The topological polar surface area (TPSA) is 103 Å².